The molecule has 2 aromatic carbocycles. The quantitative estimate of drug-likeness (QED) is 0.569. The zero-order valence-corrected chi connectivity index (χ0v) is 13.3. The van der Waals surface area contributed by atoms with Gasteiger partial charge in [-0.1, -0.05) is 54.1 Å². The van der Waals surface area contributed by atoms with Gasteiger partial charge in [0, 0.05) is 10.6 Å². The molecule has 0 radical (unpaired) electrons. The van der Waals surface area contributed by atoms with E-state index in [1.54, 1.807) is 24.3 Å². The third-order valence-corrected chi connectivity index (χ3v) is 3.29. The molecule has 0 aliphatic rings. The molecule has 0 saturated carbocycles. The molecular weight excluding hydrogens is 328 g/mol. The first-order valence-corrected chi connectivity index (χ1v) is 7.49. The topological polar surface area (TPSA) is 85.1 Å². The number of hydrazone groups is 1. The van der Waals surface area contributed by atoms with Crippen LogP contribution >= 0.6 is 11.6 Å². The van der Waals surface area contributed by atoms with E-state index in [0.29, 0.717) is 10.8 Å². The van der Waals surface area contributed by atoms with Crippen LogP contribution in [-0.2, 0) is 11.3 Å². The maximum absolute atomic E-state index is 11.8. The minimum atomic E-state index is -0.350. The Labute approximate surface area is 143 Å². The number of hydrogen-bond donors (Lipinski definition) is 1. The minimum absolute atomic E-state index is 0.0716. The molecule has 3 rings (SSSR count). The molecule has 24 heavy (non-hydrogen) atoms. The summed E-state index contributed by atoms with van der Waals surface area (Å²) in [5.74, 6) is 0.116. The van der Waals surface area contributed by atoms with Crippen molar-refractivity contribution < 1.29 is 4.79 Å². The molecule has 0 saturated heterocycles. The first kappa shape index (κ1) is 15.8. The zero-order chi connectivity index (χ0) is 16.8. The van der Waals surface area contributed by atoms with Gasteiger partial charge in [-0.15, -0.1) is 10.2 Å². The molecular formula is C16H13ClN6O. The van der Waals surface area contributed by atoms with Gasteiger partial charge < -0.3 is 0 Å². The number of nitrogens with one attached hydrogen (secondary N) is 1. The van der Waals surface area contributed by atoms with Gasteiger partial charge in [0.1, 0.15) is 6.54 Å². The molecule has 1 aromatic heterocycles. The monoisotopic (exact) mass is 340 g/mol. The largest absolute Gasteiger partial charge is 0.271 e. The molecule has 0 atom stereocenters. The molecule has 0 fully saturated rings. The van der Waals surface area contributed by atoms with Gasteiger partial charge >= 0.3 is 0 Å². The summed E-state index contributed by atoms with van der Waals surface area (Å²) in [6.45, 7) is -0.0716. The van der Waals surface area contributed by atoms with E-state index >= 15 is 0 Å². The van der Waals surface area contributed by atoms with Gasteiger partial charge in [-0.2, -0.15) is 9.90 Å². The predicted octanol–water partition coefficient (Wildman–Crippen LogP) is 2.14. The molecule has 0 bridgehead atoms. The highest BCUT2D eigenvalue weighted by molar-refractivity contribution is 6.30. The molecule has 8 heteroatoms. The summed E-state index contributed by atoms with van der Waals surface area (Å²) in [6.07, 6.45) is 1.53. The van der Waals surface area contributed by atoms with Crippen LogP contribution in [0.15, 0.2) is 59.7 Å². The van der Waals surface area contributed by atoms with Crippen LogP contribution in [-0.4, -0.2) is 32.3 Å². The minimum Gasteiger partial charge on any atom is -0.271 e. The van der Waals surface area contributed by atoms with E-state index in [0.717, 1.165) is 11.1 Å². The number of carbonyl (C=O) groups is 1. The van der Waals surface area contributed by atoms with Crippen LogP contribution in [0.2, 0.25) is 5.02 Å². The lowest BCUT2D eigenvalue weighted by atomic mass is 10.2. The Morgan fingerprint density at radius 3 is 2.67 bits per heavy atom. The number of carbonyl (C=O) groups excluding carboxylic acids is 1. The Kier molecular flexibility index (Phi) is 4.93. The molecule has 1 N–H and O–H groups in total. The van der Waals surface area contributed by atoms with Crippen LogP contribution < -0.4 is 5.43 Å². The summed E-state index contributed by atoms with van der Waals surface area (Å²) in [6, 6.07) is 16.5. The van der Waals surface area contributed by atoms with E-state index < -0.39 is 0 Å². The maximum Gasteiger partial charge on any atom is 0.263 e. The molecule has 0 spiro atoms. The number of aromatic nitrogens is 4. The van der Waals surface area contributed by atoms with E-state index in [9.17, 15) is 4.79 Å². The first-order chi connectivity index (χ1) is 11.7. The Bertz CT molecular complexity index is 845. The second kappa shape index (κ2) is 7.47. The van der Waals surface area contributed by atoms with Crippen molar-refractivity contribution in [2.75, 3.05) is 0 Å². The number of hydrogen-bond acceptors (Lipinski definition) is 5. The van der Waals surface area contributed by atoms with Gasteiger partial charge in [-0.25, -0.2) is 5.43 Å². The van der Waals surface area contributed by atoms with Crippen molar-refractivity contribution in [2.24, 2.45) is 5.10 Å². The number of benzene rings is 2. The lowest BCUT2D eigenvalue weighted by molar-refractivity contribution is -0.122. The highest BCUT2D eigenvalue weighted by Gasteiger charge is 2.08. The Balaban J connectivity index is 1.55. The molecule has 120 valence electrons. The van der Waals surface area contributed by atoms with Crippen molar-refractivity contribution in [2.45, 2.75) is 6.54 Å². The molecule has 0 aliphatic heterocycles. The number of amides is 1. The highest BCUT2D eigenvalue weighted by atomic mass is 35.5. The summed E-state index contributed by atoms with van der Waals surface area (Å²) in [5.41, 5.74) is 4.07. The number of tetrazole rings is 1. The van der Waals surface area contributed by atoms with Gasteiger partial charge in [-0.3, -0.25) is 4.79 Å². The second-order valence-electron chi connectivity index (χ2n) is 4.85. The lowest BCUT2D eigenvalue weighted by Crippen LogP contribution is -2.24. The summed E-state index contributed by atoms with van der Waals surface area (Å²) in [7, 11) is 0. The zero-order valence-electron chi connectivity index (χ0n) is 12.5. The first-order valence-electron chi connectivity index (χ1n) is 7.11. The summed E-state index contributed by atoms with van der Waals surface area (Å²) in [5, 5.41) is 16.5. The molecule has 1 amide bonds. The standard InChI is InChI=1S/C16H13ClN6O/c17-14-8-6-12(7-9-14)10-18-19-15(24)11-23-21-16(20-22-23)13-4-2-1-3-5-13/h1-10H,11H2,(H,19,24)/b18-10-. The fraction of sp³-hybridized carbons (Fsp3) is 0.0625. The fourth-order valence-corrected chi connectivity index (χ4v) is 2.03. The summed E-state index contributed by atoms with van der Waals surface area (Å²) >= 11 is 5.80. The van der Waals surface area contributed by atoms with E-state index in [2.05, 4.69) is 25.9 Å². The van der Waals surface area contributed by atoms with Crippen molar-refractivity contribution in [3.05, 3.63) is 65.2 Å². The van der Waals surface area contributed by atoms with E-state index in [-0.39, 0.29) is 12.5 Å². The molecule has 3 aromatic rings. The number of nitrogens with zero attached hydrogens (tertiary/aromatic N) is 5. The average molecular weight is 341 g/mol. The van der Waals surface area contributed by atoms with E-state index in [1.165, 1.54) is 11.0 Å². The van der Waals surface area contributed by atoms with Crippen LogP contribution in [0.3, 0.4) is 0 Å². The van der Waals surface area contributed by atoms with Crippen LogP contribution in [0.4, 0.5) is 0 Å². The van der Waals surface area contributed by atoms with Crippen molar-refractivity contribution in [3.63, 3.8) is 0 Å². The average Bonchev–Trinajstić information content (AvgIpc) is 3.06. The van der Waals surface area contributed by atoms with Gasteiger partial charge in [0.2, 0.25) is 5.82 Å². The van der Waals surface area contributed by atoms with Gasteiger partial charge in [0.25, 0.3) is 5.91 Å². The van der Waals surface area contributed by atoms with Crippen molar-refractivity contribution >= 4 is 23.7 Å². The van der Waals surface area contributed by atoms with Crippen molar-refractivity contribution in [3.8, 4) is 11.4 Å². The highest BCUT2D eigenvalue weighted by Crippen LogP contribution is 2.11. The van der Waals surface area contributed by atoms with Gasteiger partial charge in [0.15, 0.2) is 0 Å². The Morgan fingerprint density at radius 1 is 1.17 bits per heavy atom. The Morgan fingerprint density at radius 2 is 1.92 bits per heavy atom. The predicted molar refractivity (Wildman–Crippen MR) is 90.4 cm³/mol. The normalized spacial score (nSPS) is 10.9. The third-order valence-electron chi connectivity index (χ3n) is 3.04. The summed E-state index contributed by atoms with van der Waals surface area (Å²) < 4.78 is 0. The summed E-state index contributed by atoms with van der Waals surface area (Å²) in [4.78, 5) is 13.0. The van der Waals surface area contributed by atoms with Crippen LogP contribution in [0.1, 0.15) is 5.56 Å². The number of halogens is 1. The smallest absolute Gasteiger partial charge is 0.263 e. The van der Waals surface area contributed by atoms with Crippen molar-refractivity contribution in [1.82, 2.24) is 25.6 Å². The Hall–Kier alpha value is -3.06. The van der Waals surface area contributed by atoms with Crippen LogP contribution in [0, 0.1) is 0 Å². The third kappa shape index (κ3) is 4.23. The fourth-order valence-electron chi connectivity index (χ4n) is 1.90. The molecule has 0 aliphatic carbocycles. The second-order valence-corrected chi connectivity index (χ2v) is 5.29. The lowest BCUT2D eigenvalue weighted by Gasteiger charge is -1.98. The molecule has 7 nitrogen and oxygen atoms in total. The van der Waals surface area contributed by atoms with Gasteiger partial charge in [0.05, 0.1) is 6.21 Å². The SMILES string of the molecule is O=C(Cn1nnc(-c2ccccc2)n1)N/N=C\c1ccc(Cl)cc1. The van der Waals surface area contributed by atoms with Crippen molar-refractivity contribution in [1.29, 1.82) is 0 Å². The van der Waals surface area contributed by atoms with E-state index in [1.807, 2.05) is 30.3 Å². The maximum atomic E-state index is 11.8. The molecule has 0 unspecified atom stereocenters. The van der Waals surface area contributed by atoms with E-state index in [4.69, 9.17) is 11.6 Å². The number of rotatable bonds is 5. The van der Waals surface area contributed by atoms with Gasteiger partial charge in [-0.05, 0) is 22.9 Å². The van der Waals surface area contributed by atoms with Crippen LogP contribution in [0.5, 0.6) is 0 Å². The molecule has 1 heterocycles. The van der Waals surface area contributed by atoms with Crippen LogP contribution in [0.25, 0.3) is 11.4 Å².